The molecule has 4 N–H and O–H groups in total. The van der Waals surface area contributed by atoms with E-state index >= 15 is 0 Å². The quantitative estimate of drug-likeness (QED) is 0.744. The third-order valence-electron chi connectivity index (χ3n) is 2.38. The summed E-state index contributed by atoms with van der Waals surface area (Å²) < 4.78 is 26.3. The Morgan fingerprint density at radius 3 is 2.39 bits per heavy atom. The molecule has 5 nitrogen and oxygen atoms in total. The first-order valence-electron chi connectivity index (χ1n) is 5.02. The molecule has 98 valence electrons. The number of nitrogens with two attached hydrogens (primary N) is 1. The molecule has 7 heteroatoms. The summed E-state index contributed by atoms with van der Waals surface area (Å²) in [4.78, 5) is 21.0. The maximum atomic E-state index is 13.1. The van der Waals surface area contributed by atoms with Crippen molar-refractivity contribution in [2.75, 3.05) is 0 Å². The number of carbonyl (C=O) groups is 2. The van der Waals surface area contributed by atoms with Crippen LogP contribution in [0.4, 0.5) is 8.78 Å². The van der Waals surface area contributed by atoms with Crippen LogP contribution in [0.1, 0.15) is 34.8 Å². The van der Waals surface area contributed by atoms with Gasteiger partial charge in [-0.15, -0.1) is 0 Å². The van der Waals surface area contributed by atoms with Crippen molar-refractivity contribution >= 4 is 11.9 Å². The number of hydrogen-bond donors (Lipinski definition) is 3. The van der Waals surface area contributed by atoms with Gasteiger partial charge in [-0.25, -0.2) is 13.6 Å². The molecule has 0 saturated heterocycles. The summed E-state index contributed by atoms with van der Waals surface area (Å²) in [6.07, 6.45) is -0.248. The molecule has 0 fully saturated rings. The van der Waals surface area contributed by atoms with Gasteiger partial charge in [-0.05, 0) is 24.1 Å². The molecule has 1 aromatic rings. The van der Waals surface area contributed by atoms with Gasteiger partial charge in [0.05, 0.1) is 5.56 Å². The van der Waals surface area contributed by atoms with Crippen molar-refractivity contribution in [3.63, 3.8) is 0 Å². The van der Waals surface area contributed by atoms with Gasteiger partial charge in [0.25, 0.3) is 0 Å². The van der Waals surface area contributed by atoms with Crippen LogP contribution in [0.15, 0.2) is 12.1 Å². The van der Waals surface area contributed by atoms with Crippen molar-refractivity contribution in [3.05, 3.63) is 34.9 Å². The summed E-state index contributed by atoms with van der Waals surface area (Å²) in [6, 6.07) is 0.816. The molecule has 0 aliphatic heterocycles. The van der Waals surface area contributed by atoms with E-state index in [0.717, 1.165) is 12.1 Å². The Labute approximate surface area is 101 Å². The van der Waals surface area contributed by atoms with E-state index < -0.39 is 35.2 Å². The Balaban J connectivity index is 3.03. The van der Waals surface area contributed by atoms with Crippen LogP contribution in [-0.2, 0) is 4.79 Å². The highest BCUT2D eigenvalue weighted by Gasteiger charge is 2.19. The highest BCUT2D eigenvalue weighted by Crippen LogP contribution is 2.21. The summed E-state index contributed by atoms with van der Waals surface area (Å²) in [6.45, 7) is 0. The fourth-order valence-electron chi connectivity index (χ4n) is 1.43. The van der Waals surface area contributed by atoms with Gasteiger partial charge in [-0.1, -0.05) is 0 Å². The van der Waals surface area contributed by atoms with Crippen molar-refractivity contribution in [2.45, 2.75) is 18.9 Å². The lowest BCUT2D eigenvalue weighted by Crippen LogP contribution is -2.14. The van der Waals surface area contributed by atoms with Crippen LogP contribution in [0, 0.1) is 11.6 Å². The summed E-state index contributed by atoms with van der Waals surface area (Å²) in [5.74, 6) is -5.47. The molecule has 1 rings (SSSR count). The maximum absolute atomic E-state index is 13.1. The Bertz CT molecular complexity index is 490. The monoisotopic (exact) mass is 259 g/mol. The molecule has 0 amide bonds. The lowest BCUT2D eigenvalue weighted by Gasteiger charge is -2.12. The van der Waals surface area contributed by atoms with Crippen LogP contribution in [0.3, 0.4) is 0 Å². The second kappa shape index (κ2) is 5.54. The topological polar surface area (TPSA) is 101 Å². The largest absolute Gasteiger partial charge is 0.481 e. The molecule has 0 aliphatic rings. The summed E-state index contributed by atoms with van der Waals surface area (Å²) in [5.41, 5.74) is 4.81. The van der Waals surface area contributed by atoms with Gasteiger partial charge < -0.3 is 15.9 Å². The minimum atomic E-state index is -1.61. The molecule has 1 atom stereocenters. The Morgan fingerprint density at radius 2 is 1.89 bits per heavy atom. The van der Waals surface area contributed by atoms with E-state index in [-0.39, 0.29) is 18.4 Å². The molecule has 1 unspecified atom stereocenters. The van der Waals surface area contributed by atoms with Gasteiger partial charge in [0.15, 0.2) is 11.6 Å². The average Bonchev–Trinajstić information content (AvgIpc) is 2.28. The molecule has 0 heterocycles. The second-order valence-corrected chi connectivity index (χ2v) is 3.71. The molecule has 18 heavy (non-hydrogen) atoms. The van der Waals surface area contributed by atoms with Gasteiger partial charge in [0.1, 0.15) is 0 Å². The smallest absolute Gasteiger partial charge is 0.338 e. The normalized spacial score (nSPS) is 12.2. The number of hydrogen-bond acceptors (Lipinski definition) is 3. The first kappa shape index (κ1) is 14.0. The minimum absolute atomic E-state index is 0.000531. The Morgan fingerprint density at radius 1 is 1.28 bits per heavy atom. The zero-order valence-corrected chi connectivity index (χ0v) is 9.19. The van der Waals surface area contributed by atoms with Crippen molar-refractivity contribution in [1.29, 1.82) is 0 Å². The SMILES string of the molecule is NC(CCC(=O)O)c1cc(F)c(F)c(C(=O)O)c1. The van der Waals surface area contributed by atoms with E-state index in [4.69, 9.17) is 15.9 Å². The van der Waals surface area contributed by atoms with E-state index in [9.17, 15) is 18.4 Å². The van der Waals surface area contributed by atoms with Gasteiger partial charge in [-0.2, -0.15) is 0 Å². The third kappa shape index (κ3) is 3.24. The fourth-order valence-corrected chi connectivity index (χ4v) is 1.43. The zero-order valence-electron chi connectivity index (χ0n) is 9.19. The lowest BCUT2D eigenvalue weighted by molar-refractivity contribution is -0.137. The van der Waals surface area contributed by atoms with Crippen molar-refractivity contribution in [3.8, 4) is 0 Å². The molecule has 0 saturated carbocycles. The standard InChI is InChI=1S/C11H11F2NO4/c12-7-4-5(8(14)1-2-9(15)16)3-6(10(7)13)11(17)18/h3-4,8H,1-2,14H2,(H,15,16)(H,17,18). The number of benzene rings is 1. The average molecular weight is 259 g/mol. The van der Waals surface area contributed by atoms with E-state index in [0.29, 0.717) is 0 Å². The number of halogens is 2. The number of aliphatic carboxylic acids is 1. The molecule has 0 aliphatic carbocycles. The Kier molecular flexibility index (Phi) is 4.33. The first-order chi connectivity index (χ1) is 8.32. The molecule has 0 radical (unpaired) electrons. The van der Waals surface area contributed by atoms with Crippen molar-refractivity contribution < 1.29 is 28.6 Å². The molecular formula is C11H11F2NO4. The summed E-state index contributed by atoms with van der Waals surface area (Å²) >= 11 is 0. The van der Waals surface area contributed by atoms with E-state index in [1.165, 1.54) is 0 Å². The number of carboxylic acids is 2. The van der Waals surface area contributed by atoms with E-state index in [1.807, 2.05) is 0 Å². The summed E-state index contributed by atoms with van der Waals surface area (Å²) in [7, 11) is 0. The molecule has 0 bridgehead atoms. The molecule has 0 aromatic heterocycles. The van der Waals surface area contributed by atoms with Gasteiger partial charge in [-0.3, -0.25) is 4.79 Å². The van der Waals surface area contributed by atoms with E-state index in [1.54, 1.807) is 0 Å². The van der Waals surface area contributed by atoms with Gasteiger partial charge in [0, 0.05) is 12.5 Å². The summed E-state index contributed by atoms with van der Waals surface area (Å²) in [5, 5.41) is 17.1. The van der Waals surface area contributed by atoms with Crippen LogP contribution in [0.25, 0.3) is 0 Å². The van der Waals surface area contributed by atoms with Crippen molar-refractivity contribution in [1.82, 2.24) is 0 Å². The third-order valence-corrected chi connectivity index (χ3v) is 2.38. The predicted molar refractivity (Wildman–Crippen MR) is 57.1 cm³/mol. The minimum Gasteiger partial charge on any atom is -0.481 e. The van der Waals surface area contributed by atoms with E-state index in [2.05, 4.69) is 0 Å². The second-order valence-electron chi connectivity index (χ2n) is 3.71. The number of rotatable bonds is 5. The van der Waals surface area contributed by atoms with Crippen LogP contribution in [0.5, 0.6) is 0 Å². The van der Waals surface area contributed by atoms with Gasteiger partial charge in [0.2, 0.25) is 0 Å². The maximum Gasteiger partial charge on any atom is 0.338 e. The Hall–Kier alpha value is -2.02. The number of carboxylic acid groups (broad SMARTS) is 2. The highest BCUT2D eigenvalue weighted by atomic mass is 19.2. The van der Waals surface area contributed by atoms with Crippen LogP contribution in [-0.4, -0.2) is 22.2 Å². The molecule has 0 spiro atoms. The molecule has 1 aromatic carbocycles. The zero-order chi connectivity index (χ0) is 13.9. The number of aromatic carboxylic acids is 1. The highest BCUT2D eigenvalue weighted by molar-refractivity contribution is 5.88. The first-order valence-corrected chi connectivity index (χ1v) is 5.02. The van der Waals surface area contributed by atoms with Crippen LogP contribution < -0.4 is 5.73 Å². The van der Waals surface area contributed by atoms with Crippen LogP contribution >= 0.6 is 0 Å². The van der Waals surface area contributed by atoms with Crippen LogP contribution in [0.2, 0.25) is 0 Å². The van der Waals surface area contributed by atoms with Gasteiger partial charge >= 0.3 is 11.9 Å². The predicted octanol–water partition coefficient (Wildman–Crippen LogP) is 1.53. The lowest BCUT2D eigenvalue weighted by atomic mass is 10.00. The van der Waals surface area contributed by atoms with Crippen molar-refractivity contribution in [2.24, 2.45) is 5.73 Å². The fraction of sp³-hybridized carbons (Fsp3) is 0.273. The molecular weight excluding hydrogens is 248 g/mol.